The molecule has 1 aliphatic rings. The zero-order valence-corrected chi connectivity index (χ0v) is 13.1. The summed E-state index contributed by atoms with van der Waals surface area (Å²) in [5.41, 5.74) is 0.961. The molecule has 0 radical (unpaired) electrons. The molecule has 0 aromatic carbocycles. The fraction of sp³-hybridized carbons (Fsp3) is 0.500. The lowest BCUT2D eigenvalue weighted by atomic mass is 10.0. The van der Waals surface area contributed by atoms with Crippen LogP contribution < -0.4 is 0 Å². The summed E-state index contributed by atoms with van der Waals surface area (Å²) in [5, 5.41) is 4.47. The fourth-order valence-corrected chi connectivity index (χ4v) is 3.05. The first-order chi connectivity index (χ1) is 10.6. The Morgan fingerprint density at radius 2 is 2.27 bits per heavy atom. The van der Waals surface area contributed by atoms with Crippen molar-refractivity contribution in [3.8, 4) is 0 Å². The summed E-state index contributed by atoms with van der Waals surface area (Å²) >= 11 is 0. The van der Waals surface area contributed by atoms with Crippen LogP contribution in [0, 0.1) is 13.8 Å². The first-order valence-electron chi connectivity index (χ1n) is 7.70. The van der Waals surface area contributed by atoms with Gasteiger partial charge in [-0.25, -0.2) is 9.67 Å². The lowest BCUT2D eigenvalue weighted by Gasteiger charge is -2.33. The molecule has 0 saturated carbocycles. The molecule has 3 heterocycles. The maximum Gasteiger partial charge on any atom is 0.227 e. The van der Waals surface area contributed by atoms with Crippen LogP contribution in [-0.2, 0) is 11.2 Å². The summed E-state index contributed by atoms with van der Waals surface area (Å²) in [4.78, 5) is 22.9. The maximum atomic E-state index is 12.5. The molecule has 22 heavy (non-hydrogen) atoms. The highest BCUT2D eigenvalue weighted by Gasteiger charge is 2.26. The number of aryl methyl sites for hydroxylation is 2. The van der Waals surface area contributed by atoms with Crippen molar-refractivity contribution in [1.82, 2.24) is 24.6 Å². The second kappa shape index (κ2) is 6.25. The minimum atomic E-state index is 0.159. The van der Waals surface area contributed by atoms with E-state index in [2.05, 4.69) is 15.1 Å². The van der Waals surface area contributed by atoms with E-state index in [4.69, 9.17) is 0 Å². The van der Waals surface area contributed by atoms with E-state index in [9.17, 15) is 4.79 Å². The van der Waals surface area contributed by atoms with Gasteiger partial charge in [0, 0.05) is 25.5 Å². The molecule has 0 N–H and O–H groups in total. The summed E-state index contributed by atoms with van der Waals surface area (Å²) in [7, 11) is 0. The quantitative estimate of drug-likeness (QED) is 0.865. The molecule has 1 atom stereocenters. The number of aromatic nitrogens is 4. The summed E-state index contributed by atoms with van der Waals surface area (Å²) in [6.07, 6.45) is 5.93. The number of hydrogen-bond donors (Lipinski definition) is 0. The average molecular weight is 299 g/mol. The smallest absolute Gasteiger partial charge is 0.227 e. The first kappa shape index (κ1) is 14.7. The van der Waals surface area contributed by atoms with Crippen LogP contribution in [0.4, 0.5) is 0 Å². The van der Waals surface area contributed by atoms with Gasteiger partial charge in [-0.05, 0) is 38.3 Å². The molecule has 3 rings (SSSR count). The predicted octanol–water partition coefficient (Wildman–Crippen LogP) is 1.70. The molecule has 1 fully saturated rings. The molecule has 1 aliphatic heterocycles. The van der Waals surface area contributed by atoms with Gasteiger partial charge in [-0.15, -0.1) is 0 Å². The van der Waals surface area contributed by atoms with Gasteiger partial charge in [-0.2, -0.15) is 5.10 Å². The zero-order chi connectivity index (χ0) is 15.5. The molecule has 116 valence electrons. The largest absolute Gasteiger partial charge is 0.340 e. The van der Waals surface area contributed by atoms with E-state index in [1.54, 1.807) is 12.4 Å². The Morgan fingerprint density at radius 1 is 1.41 bits per heavy atom. The summed E-state index contributed by atoms with van der Waals surface area (Å²) < 4.78 is 1.97. The van der Waals surface area contributed by atoms with Gasteiger partial charge >= 0.3 is 0 Å². The highest BCUT2D eigenvalue weighted by atomic mass is 16.2. The molecule has 6 nitrogen and oxygen atoms in total. The molecule has 0 aliphatic carbocycles. The van der Waals surface area contributed by atoms with Crippen molar-refractivity contribution in [3.05, 3.63) is 41.7 Å². The SMILES string of the molecule is Cc1nc(C)n([C@@H]2CCCN(C(=O)Cc3cccnc3)C2)n1. The molecular formula is C16H21N5O. The van der Waals surface area contributed by atoms with Crippen molar-refractivity contribution < 1.29 is 4.79 Å². The number of amides is 1. The van der Waals surface area contributed by atoms with E-state index in [1.807, 2.05) is 35.6 Å². The summed E-state index contributed by atoms with van der Waals surface area (Å²) in [6, 6.07) is 4.04. The molecule has 1 amide bonds. The van der Waals surface area contributed by atoms with Gasteiger partial charge in [-0.3, -0.25) is 9.78 Å². The second-order valence-electron chi connectivity index (χ2n) is 5.82. The Kier molecular flexibility index (Phi) is 4.18. The van der Waals surface area contributed by atoms with Crippen molar-refractivity contribution in [3.63, 3.8) is 0 Å². The Balaban J connectivity index is 1.68. The van der Waals surface area contributed by atoms with Gasteiger partial charge in [0.1, 0.15) is 11.6 Å². The predicted molar refractivity (Wildman–Crippen MR) is 82.3 cm³/mol. The standard InChI is InChI=1S/C16H21N5O/c1-12-18-13(2)21(19-12)15-6-4-8-20(11-15)16(22)9-14-5-3-7-17-10-14/h3,5,7,10,15H,4,6,8-9,11H2,1-2H3/t15-/m1/s1. The Bertz CT molecular complexity index is 652. The van der Waals surface area contributed by atoms with Gasteiger partial charge in [0.2, 0.25) is 5.91 Å². The third-order valence-corrected chi connectivity index (χ3v) is 4.08. The van der Waals surface area contributed by atoms with Crippen molar-refractivity contribution in [2.75, 3.05) is 13.1 Å². The molecule has 6 heteroatoms. The van der Waals surface area contributed by atoms with Crippen LogP contribution in [-0.4, -0.2) is 43.6 Å². The van der Waals surface area contributed by atoms with Crippen LogP contribution in [0.25, 0.3) is 0 Å². The Morgan fingerprint density at radius 3 is 2.95 bits per heavy atom. The lowest BCUT2D eigenvalue weighted by molar-refractivity contribution is -0.132. The van der Waals surface area contributed by atoms with Crippen LogP contribution in [0.3, 0.4) is 0 Å². The van der Waals surface area contributed by atoms with Crippen molar-refractivity contribution in [2.45, 2.75) is 39.2 Å². The van der Waals surface area contributed by atoms with Gasteiger partial charge in [0.15, 0.2) is 0 Å². The molecule has 0 bridgehead atoms. The van der Waals surface area contributed by atoms with Gasteiger partial charge in [-0.1, -0.05) is 6.07 Å². The third kappa shape index (κ3) is 3.16. The van der Waals surface area contributed by atoms with Crippen LogP contribution >= 0.6 is 0 Å². The topological polar surface area (TPSA) is 63.9 Å². The monoisotopic (exact) mass is 299 g/mol. The number of carbonyl (C=O) groups is 1. The maximum absolute atomic E-state index is 12.5. The van der Waals surface area contributed by atoms with E-state index in [1.165, 1.54) is 0 Å². The van der Waals surface area contributed by atoms with Crippen molar-refractivity contribution in [1.29, 1.82) is 0 Å². The van der Waals surface area contributed by atoms with E-state index in [-0.39, 0.29) is 11.9 Å². The van der Waals surface area contributed by atoms with E-state index < -0.39 is 0 Å². The molecule has 0 spiro atoms. The Labute approximate surface area is 130 Å². The Hall–Kier alpha value is -2.24. The number of likely N-dealkylation sites (tertiary alicyclic amines) is 1. The third-order valence-electron chi connectivity index (χ3n) is 4.08. The van der Waals surface area contributed by atoms with Crippen LogP contribution in [0.1, 0.15) is 36.1 Å². The van der Waals surface area contributed by atoms with Gasteiger partial charge < -0.3 is 4.90 Å². The fourth-order valence-electron chi connectivity index (χ4n) is 3.05. The number of carbonyl (C=O) groups excluding carboxylic acids is 1. The minimum absolute atomic E-state index is 0.159. The van der Waals surface area contributed by atoms with Crippen LogP contribution in [0.5, 0.6) is 0 Å². The molecule has 2 aromatic heterocycles. The molecule has 1 saturated heterocycles. The summed E-state index contributed by atoms with van der Waals surface area (Å²) in [5.74, 6) is 1.87. The number of nitrogens with zero attached hydrogens (tertiary/aromatic N) is 5. The normalized spacial score (nSPS) is 18.5. The number of piperidine rings is 1. The zero-order valence-electron chi connectivity index (χ0n) is 13.1. The highest BCUT2D eigenvalue weighted by molar-refractivity contribution is 5.78. The van der Waals surface area contributed by atoms with E-state index in [0.717, 1.165) is 36.6 Å². The van der Waals surface area contributed by atoms with Crippen LogP contribution in [0.15, 0.2) is 24.5 Å². The number of rotatable bonds is 3. The second-order valence-corrected chi connectivity index (χ2v) is 5.82. The van der Waals surface area contributed by atoms with Crippen molar-refractivity contribution >= 4 is 5.91 Å². The molecular weight excluding hydrogens is 278 g/mol. The first-order valence-corrected chi connectivity index (χ1v) is 7.70. The average Bonchev–Trinajstić information content (AvgIpc) is 2.87. The number of pyridine rings is 1. The van der Waals surface area contributed by atoms with Crippen LogP contribution in [0.2, 0.25) is 0 Å². The summed E-state index contributed by atoms with van der Waals surface area (Å²) in [6.45, 7) is 5.40. The van der Waals surface area contributed by atoms with Gasteiger partial charge in [0.05, 0.1) is 12.5 Å². The van der Waals surface area contributed by atoms with Gasteiger partial charge in [0.25, 0.3) is 0 Å². The highest BCUT2D eigenvalue weighted by Crippen LogP contribution is 2.22. The minimum Gasteiger partial charge on any atom is -0.340 e. The van der Waals surface area contributed by atoms with E-state index in [0.29, 0.717) is 13.0 Å². The van der Waals surface area contributed by atoms with Crippen molar-refractivity contribution in [2.24, 2.45) is 0 Å². The molecule has 2 aromatic rings. The number of hydrogen-bond acceptors (Lipinski definition) is 4. The molecule has 0 unspecified atom stereocenters. The lowest BCUT2D eigenvalue weighted by Crippen LogP contribution is -2.41. The van der Waals surface area contributed by atoms with E-state index >= 15 is 0 Å².